The number of ether oxygens (including phenoxy) is 2. The zero-order valence-corrected chi connectivity index (χ0v) is 20.9. The van der Waals surface area contributed by atoms with E-state index < -0.39 is 78.1 Å². The summed E-state index contributed by atoms with van der Waals surface area (Å²) in [5, 5.41) is 2.37. The van der Waals surface area contributed by atoms with Crippen LogP contribution in [0, 0.1) is 0 Å². The molecule has 40 heavy (non-hydrogen) atoms. The molecule has 1 N–H and O–H groups in total. The van der Waals surface area contributed by atoms with E-state index >= 15 is 0 Å². The molecule has 1 aliphatic rings. The second-order valence-electron chi connectivity index (χ2n) is 8.92. The summed E-state index contributed by atoms with van der Waals surface area (Å²) >= 11 is 0. The third-order valence-corrected chi connectivity index (χ3v) is 6.04. The summed E-state index contributed by atoms with van der Waals surface area (Å²) in [6, 6.07) is 1.85. The molecule has 2 aromatic rings. The Morgan fingerprint density at radius 1 is 0.875 bits per heavy atom. The van der Waals surface area contributed by atoms with Crippen LogP contribution in [-0.2, 0) is 34.4 Å². The molecular formula is C25H23F9N2O4. The first-order valence-corrected chi connectivity index (χ1v) is 11.8. The molecule has 1 heterocycles. The average molecular weight is 586 g/mol. The predicted molar refractivity (Wildman–Crippen MR) is 122 cm³/mol. The average Bonchev–Trinajstić information content (AvgIpc) is 2.82. The molecule has 0 unspecified atom stereocenters. The van der Waals surface area contributed by atoms with Crippen molar-refractivity contribution in [3.8, 4) is 0 Å². The zero-order valence-electron chi connectivity index (χ0n) is 20.9. The second-order valence-corrected chi connectivity index (χ2v) is 8.92. The van der Waals surface area contributed by atoms with E-state index in [1.54, 1.807) is 13.8 Å². The minimum Gasteiger partial charge on any atom is -0.449 e. The van der Waals surface area contributed by atoms with Crippen LogP contribution in [0.1, 0.15) is 54.1 Å². The summed E-state index contributed by atoms with van der Waals surface area (Å²) in [5.41, 5.74) is -4.51. The Morgan fingerprint density at radius 2 is 1.45 bits per heavy atom. The van der Waals surface area contributed by atoms with Crippen LogP contribution in [-0.4, -0.2) is 31.4 Å². The van der Waals surface area contributed by atoms with Crippen molar-refractivity contribution in [3.05, 3.63) is 64.2 Å². The molecule has 15 heteroatoms. The number of benzene rings is 2. The molecule has 2 aromatic carbocycles. The van der Waals surface area contributed by atoms with E-state index in [2.05, 4.69) is 5.32 Å². The van der Waals surface area contributed by atoms with Crippen LogP contribution in [0.15, 0.2) is 36.4 Å². The molecule has 2 atom stereocenters. The Balaban J connectivity index is 1.78. The molecule has 6 nitrogen and oxygen atoms in total. The van der Waals surface area contributed by atoms with Crippen LogP contribution in [0.4, 0.5) is 54.8 Å². The third-order valence-electron chi connectivity index (χ3n) is 6.04. The topological polar surface area (TPSA) is 67.9 Å². The van der Waals surface area contributed by atoms with Crippen LogP contribution in [0.3, 0.4) is 0 Å². The van der Waals surface area contributed by atoms with Gasteiger partial charge < -0.3 is 14.8 Å². The molecule has 220 valence electrons. The predicted octanol–water partition coefficient (Wildman–Crippen LogP) is 7.51. The summed E-state index contributed by atoms with van der Waals surface area (Å²) < 4.78 is 128. The van der Waals surface area contributed by atoms with Crippen molar-refractivity contribution in [1.29, 1.82) is 0 Å². The van der Waals surface area contributed by atoms with E-state index in [-0.39, 0.29) is 30.3 Å². The van der Waals surface area contributed by atoms with Gasteiger partial charge >= 0.3 is 30.7 Å². The van der Waals surface area contributed by atoms with Crippen LogP contribution < -0.4 is 10.2 Å². The lowest BCUT2D eigenvalue weighted by Gasteiger charge is -2.39. The van der Waals surface area contributed by atoms with Crippen molar-refractivity contribution in [3.63, 3.8) is 0 Å². The highest BCUT2D eigenvalue weighted by atomic mass is 19.4. The van der Waals surface area contributed by atoms with E-state index in [1.165, 1.54) is 0 Å². The van der Waals surface area contributed by atoms with Crippen molar-refractivity contribution >= 4 is 17.9 Å². The Hall–Kier alpha value is -3.65. The zero-order chi connectivity index (χ0) is 30.0. The van der Waals surface area contributed by atoms with E-state index in [1.807, 2.05) is 0 Å². The van der Waals surface area contributed by atoms with Gasteiger partial charge in [-0.2, -0.15) is 39.5 Å². The number of hydrogen-bond acceptors (Lipinski definition) is 4. The van der Waals surface area contributed by atoms with E-state index in [0.717, 1.165) is 23.1 Å². The van der Waals surface area contributed by atoms with Crippen LogP contribution in [0.5, 0.6) is 0 Å². The molecule has 0 bridgehead atoms. The largest absolute Gasteiger partial charge is 0.449 e. The molecular weight excluding hydrogens is 563 g/mol. The van der Waals surface area contributed by atoms with Gasteiger partial charge in [-0.25, -0.2) is 9.59 Å². The molecule has 0 spiro atoms. The molecule has 0 fully saturated rings. The highest BCUT2D eigenvalue weighted by molar-refractivity contribution is 5.90. The fourth-order valence-corrected chi connectivity index (χ4v) is 4.26. The van der Waals surface area contributed by atoms with Crippen molar-refractivity contribution in [2.45, 2.75) is 57.3 Å². The van der Waals surface area contributed by atoms with Crippen molar-refractivity contribution in [1.82, 2.24) is 5.32 Å². The summed E-state index contributed by atoms with van der Waals surface area (Å²) in [5.74, 6) is 0. The minimum absolute atomic E-state index is 0.00235. The number of carbonyl (C=O) groups excluding carboxylic acids is 2. The molecule has 0 saturated heterocycles. The van der Waals surface area contributed by atoms with Gasteiger partial charge in [-0.1, -0.05) is 0 Å². The Labute approximate surface area is 222 Å². The fraction of sp³-hybridized carbons (Fsp3) is 0.440. The number of alkyl halides is 9. The van der Waals surface area contributed by atoms with E-state index in [0.29, 0.717) is 12.1 Å². The third kappa shape index (κ3) is 7.30. The van der Waals surface area contributed by atoms with E-state index in [9.17, 15) is 49.1 Å². The number of carbonyl (C=O) groups is 2. The van der Waals surface area contributed by atoms with Crippen molar-refractivity contribution < 1.29 is 58.6 Å². The number of nitrogens with one attached hydrogen (secondary N) is 1. The number of halogens is 9. The maximum atomic E-state index is 13.4. The molecule has 1 aliphatic heterocycles. The number of fused-ring (bicyclic) bond motifs is 1. The van der Waals surface area contributed by atoms with Gasteiger partial charge in [0.15, 0.2) is 0 Å². The quantitative estimate of drug-likeness (QED) is 0.369. The first-order chi connectivity index (χ1) is 18.4. The standard InChI is InChI=1S/C25H23F9N2O4/c1-3-39-22(38)36-13(2)8-19(18-12-15(23(26,27)28)4-5-20(18)36)35-21(37)40-7-6-14-9-16(24(29,30)31)11-17(10-14)25(32,33)34/h4-5,9-13,19H,3,6-8H2,1-2H3,(H,35,37)/t13-,19+/m1/s1. The Morgan fingerprint density at radius 3 is 1.98 bits per heavy atom. The number of nitrogens with zero attached hydrogens (tertiary/aromatic N) is 1. The van der Waals surface area contributed by atoms with Gasteiger partial charge in [0.05, 0.1) is 41.6 Å². The van der Waals surface area contributed by atoms with Gasteiger partial charge in [-0.15, -0.1) is 0 Å². The smallest absolute Gasteiger partial charge is 0.416 e. The first-order valence-electron chi connectivity index (χ1n) is 11.8. The van der Waals surface area contributed by atoms with E-state index in [4.69, 9.17) is 9.47 Å². The van der Waals surface area contributed by atoms with Gasteiger partial charge in [0.1, 0.15) is 0 Å². The number of alkyl carbamates (subject to hydrolysis) is 1. The number of rotatable bonds is 5. The van der Waals surface area contributed by atoms with Crippen molar-refractivity contribution in [2.24, 2.45) is 0 Å². The summed E-state index contributed by atoms with van der Waals surface area (Å²) in [4.78, 5) is 26.1. The van der Waals surface area contributed by atoms with Gasteiger partial charge in [0.2, 0.25) is 0 Å². The first kappa shape index (κ1) is 30.9. The lowest BCUT2D eigenvalue weighted by atomic mass is 9.90. The van der Waals surface area contributed by atoms with Gasteiger partial charge in [-0.3, -0.25) is 4.90 Å². The molecule has 0 aliphatic carbocycles. The Kier molecular flexibility index (Phi) is 8.84. The molecule has 3 rings (SSSR count). The minimum atomic E-state index is -5.05. The fourth-order valence-electron chi connectivity index (χ4n) is 4.26. The van der Waals surface area contributed by atoms with Gasteiger partial charge in [0.25, 0.3) is 0 Å². The lowest BCUT2D eigenvalue weighted by Crippen LogP contribution is -2.46. The highest BCUT2D eigenvalue weighted by Crippen LogP contribution is 2.41. The van der Waals surface area contributed by atoms with Crippen LogP contribution >= 0.6 is 0 Å². The van der Waals surface area contributed by atoms with Crippen molar-refractivity contribution in [2.75, 3.05) is 18.1 Å². The lowest BCUT2D eigenvalue weighted by molar-refractivity contribution is -0.143. The number of anilines is 1. The normalized spacial score (nSPS) is 17.7. The van der Waals surface area contributed by atoms with Gasteiger partial charge in [-0.05, 0) is 67.8 Å². The number of hydrogen-bond donors (Lipinski definition) is 1. The molecule has 0 saturated carbocycles. The Bertz CT molecular complexity index is 1210. The summed E-state index contributed by atoms with van der Waals surface area (Å²) in [7, 11) is 0. The highest BCUT2D eigenvalue weighted by Gasteiger charge is 2.39. The second kappa shape index (κ2) is 11.5. The summed E-state index contributed by atoms with van der Waals surface area (Å²) in [6.45, 7) is 2.49. The number of amides is 2. The maximum Gasteiger partial charge on any atom is 0.416 e. The molecule has 0 radical (unpaired) electrons. The molecule has 0 aromatic heterocycles. The van der Waals surface area contributed by atoms with Gasteiger partial charge in [0, 0.05) is 12.5 Å². The molecule has 2 amide bonds. The monoisotopic (exact) mass is 586 g/mol. The van der Waals surface area contributed by atoms with Crippen LogP contribution in [0.2, 0.25) is 0 Å². The SMILES string of the molecule is CCOC(=O)N1c2ccc(C(F)(F)F)cc2[C@@H](NC(=O)OCCc2cc(C(F)(F)F)cc(C(F)(F)F)c2)C[C@H]1C. The van der Waals surface area contributed by atoms with Crippen LogP contribution in [0.25, 0.3) is 0 Å². The summed E-state index contributed by atoms with van der Waals surface area (Å²) in [6.07, 6.45) is -17.4. The maximum absolute atomic E-state index is 13.4.